The number of esters is 1. The molecule has 4 aromatic heterocycles. The van der Waals surface area contributed by atoms with Gasteiger partial charge < -0.3 is 40.3 Å². The molecule has 0 spiro atoms. The van der Waals surface area contributed by atoms with Crippen LogP contribution in [0.3, 0.4) is 0 Å². The molecule has 8 aromatic rings. The summed E-state index contributed by atoms with van der Waals surface area (Å²) in [5.41, 5.74) is 7.02. The number of benzene rings is 4. The van der Waals surface area contributed by atoms with Crippen LogP contribution in [-0.4, -0.2) is 91.0 Å². The Morgan fingerprint density at radius 1 is 0.530 bits per heavy atom. The minimum absolute atomic E-state index is 0.00904. The molecular weight excluding hydrogens is 1700 g/mol. The number of thioether (sulfide) groups is 2. The summed E-state index contributed by atoms with van der Waals surface area (Å²) in [6, 6.07) is 44.5. The molecule has 4 N–H and O–H groups in total. The Morgan fingerprint density at radius 3 is 1.31 bits per heavy atom. The highest BCUT2D eigenvalue weighted by Gasteiger charge is 2.57. The number of hydrogen-bond donors (Lipinski definition) is 4. The molecule has 4 aromatic carbocycles. The highest BCUT2D eigenvalue weighted by molar-refractivity contribution is 8.18. The van der Waals surface area contributed by atoms with Crippen molar-refractivity contribution in [3.05, 3.63) is 277 Å². The van der Waals surface area contributed by atoms with Crippen molar-refractivity contribution < 1.29 is 29.0 Å². The molecule has 6 aliphatic heterocycles. The maximum atomic E-state index is 13.7. The minimum atomic E-state index is -0.930. The van der Waals surface area contributed by atoms with Gasteiger partial charge in [0.1, 0.15) is 47.6 Å². The predicted molar refractivity (Wildman–Crippen MR) is 473 cm³/mol. The lowest BCUT2D eigenvalue weighted by Crippen LogP contribution is -2.43. The Bertz CT molecular complexity index is 5080. The number of aliphatic carboxylic acids is 1. The van der Waals surface area contributed by atoms with Crippen LogP contribution < -0.4 is 16.0 Å². The lowest BCUT2D eigenvalue weighted by molar-refractivity contribution is -0.137. The average molecular weight is 1780 g/mol. The number of rotatable bonds is 15. The largest absolute Gasteiger partial charge is 0.477 e. The van der Waals surface area contributed by atoms with Gasteiger partial charge in [0.2, 0.25) is 0 Å². The number of fused-ring (bicyclic) bond motifs is 2. The third kappa shape index (κ3) is 18.3. The smallest absolute Gasteiger partial charge is 0.417 e. The van der Waals surface area contributed by atoms with E-state index in [4.69, 9.17) is 137 Å². The van der Waals surface area contributed by atoms with Crippen LogP contribution in [0.4, 0.5) is 4.79 Å². The summed E-state index contributed by atoms with van der Waals surface area (Å²) < 4.78 is 11.5. The van der Waals surface area contributed by atoms with Crippen LogP contribution in [0.1, 0.15) is 171 Å². The highest BCUT2D eigenvalue weighted by atomic mass is 35.5. The maximum Gasteiger partial charge on any atom is 0.417 e. The number of halogens is 8. The maximum absolute atomic E-state index is 13.7. The summed E-state index contributed by atoms with van der Waals surface area (Å²) >= 11 is 62.0. The van der Waals surface area contributed by atoms with Crippen LogP contribution in [0.25, 0.3) is 0 Å². The summed E-state index contributed by atoms with van der Waals surface area (Å²) in [5.74, 6) is 0.172. The van der Waals surface area contributed by atoms with Crippen molar-refractivity contribution in [3.8, 4) is 0 Å². The van der Waals surface area contributed by atoms with Gasteiger partial charge in [0.15, 0.2) is 20.6 Å². The Labute approximate surface area is 730 Å². The molecule has 602 valence electrons. The molecule has 30 heteroatoms. The van der Waals surface area contributed by atoms with E-state index < -0.39 is 40.3 Å². The van der Waals surface area contributed by atoms with Gasteiger partial charge in [-0.15, -0.1) is 0 Å². The van der Waals surface area contributed by atoms with Crippen molar-refractivity contribution in [1.29, 1.82) is 0 Å². The standard InChI is InChI=1S/C26H31Cl2N3O2S.C23H23Cl2N3O2S.C21H19Cl2N3O2S.C15H13Cl2N3S/c1-15(2)20-11-5-16(3)13-21(20)33-25(32)31-23(17-6-9-19(27)10-7-17)26(4,30-24(31)34)18-8-12-22(28)29-14-18;1-5-30-21(29)19-18(13(2)3)28-20(14-6-9-16(24)10-7-14)23(4,27-22(28)31-19)15-8-11-17(25)26-12-15;1-11(2)16-17(19(27)28)29-20-25-21(3,13-6-9-15(23)24-10-13)18(26(16)20)12-4-7-14(22)8-5-12;1-15(10-4-7-12(17)18-8-10)13(19-14(21)20-15)9-2-5-11(16)6-3-9/h6-10,12,14-16,20-21,23H,5,11,13H2,1-4H3,(H,30,34);6-13,20H,5H2,1-4H3;4-11,18H,1-3H3,(H,27,28);2-8,13H,1H3,(H2,19,20,21)/t16-,20?,21-,23-,26+;20-,23+;18-,21+;13-,15+/m1111/s1. The molecule has 15 rings (SSSR count). The molecular formula is C85H86Cl8N12O6S4. The molecule has 0 bridgehead atoms. The zero-order valence-corrected chi connectivity index (χ0v) is 74.3. The number of amides is 1. The van der Waals surface area contributed by atoms with E-state index in [9.17, 15) is 19.5 Å². The number of ether oxygens (including phenoxy) is 2. The lowest BCUT2D eigenvalue weighted by Gasteiger charge is -2.38. The molecule has 2 saturated heterocycles. The average Bonchev–Trinajstić information content (AvgIpc) is 1.56. The molecule has 18 nitrogen and oxygen atoms in total. The van der Waals surface area contributed by atoms with Gasteiger partial charge in [-0.05, 0) is 231 Å². The van der Waals surface area contributed by atoms with E-state index in [-0.39, 0.29) is 42.0 Å². The van der Waals surface area contributed by atoms with Crippen LogP contribution >= 0.6 is 141 Å². The fraction of sp³-hybridized carbons (Fsp3) is 0.353. The summed E-state index contributed by atoms with van der Waals surface area (Å²) in [4.78, 5) is 72.2. The Morgan fingerprint density at radius 2 is 0.922 bits per heavy atom. The topological polar surface area (TPSA) is 212 Å². The molecule has 115 heavy (non-hydrogen) atoms. The van der Waals surface area contributed by atoms with E-state index in [2.05, 4.69) is 94.2 Å². The Hall–Kier alpha value is -7.29. The summed E-state index contributed by atoms with van der Waals surface area (Å²) in [5, 5.41) is 26.6. The van der Waals surface area contributed by atoms with Crippen molar-refractivity contribution >= 4 is 179 Å². The molecule has 11 atom stereocenters. The second-order valence-electron chi connectivity index (χ2n) is 30.7. The van der Waals surface area contributed by atoms with Gasteiger partial charge in [-0.1, -0.05) is 220 Å². The van der Waals surface area contributed by atoms with E-state index in [0.29, 0.717) is 90.3 Å². The number of amidine groups is 2. The number of carboxylic acid groups (broad SMARTS) is 1. The van der Waals surface area contributed by atoms with E-state index in [1.807, 2.05) is 156 Å². The van der Waals surface area contributed by atoms with Gasteiger partial charge >= 0.3 is 18.0 Å². The molecule has 3 fully saturated rings. The minimum Gasteiger partial charge on any atom is -0.477 e. The number of aliphatic imine (C=N–C) groups is 2. The zero-order chi connectivity index (χ0) is 82.9. The number of pyridine rings is 4. The second kappa shape index (κ2) is 36.1. The van der Waals surface area contributed by atoms with Crippen molar-refractivity contribution in [2.24, 2.45) is 39.6 Å². The molecule has 10 heterocycles. The number of thiocarbonyl (C=S) groups is 2. The van der Waals surface area contributed by atoms with E-state index in [1.54, 1.807) is 54.0 Å². The molecule has 1 aliphatic carbocycles. The third-order valence-corrected chi connectivity index (χ3v) is 26.4. The van der Waals surface area contributed by atoms with Crippen LogP contribution in [0.2, 0.25) is 40.7 Å². The molecule has 1 saturated carbocycles. The number of carbonyl (C=O) groups is 3. The zero-order valence-electron chi connectivity index (χ0n) is 64.9. The van der Waals surface area contributed by atoms with Crippen LogP contribution in [0.15, 0.2) is 202 Å². The number of carbonyl (C=O) groups excluding carboxylic acids is 2. The van der Waals surface area contributed by atoms with Crippen molar-refractivity contribution in [1.82, 2.24) is 50.6 Å². The fourth-order valence-electron chi connectivity index (χ4n) is 16.1. The number of aromatic nitrogens is 4. The molecule has 7 aliphatic rings. The quantitative estimate of drug-likeness (QED) is 0.0427. The van der Waals surface area contributed by atoms with E-state index >= 15 is 0 Å². The molecule has 0 radical (unpaired) electrons. The van der Waals surface area contributed by atoms with E-state index in [1.165, 1.54) is 23.5 Å². The molecule has 1 amide bonds. The first-order valence-corrected chi connectivity index (χ1v) is 43.0. The van der Waals surface area contributed by atoms with Gasteiger partial charge in [0, 0.05) is 67.4 Å². The van der Waals surface area contributed by atoms with Gasteiger partial charge in [-0.3, -0.25) is 0 Å². The number of nitrogens with one attached hydrogen (secondary N) is 3. The van der Waals surface area contributed by atoms with Crippen molar-refractivity contribution in [2.75, 3.05) is 6.61 Å². The molecule has 1 unspecified atom stereocenters. The third-order valence-electron chi connectivity index (χ3n) is 21.8. The number of carboxylic acids is 1. The van der Waals surface area contributed by atoms with Gasteiger partial charge in [-0.2, -0.15) is 0 Å². The van der Waals surface area contributed by atoms with Gasteiger partial charge in [0.05, 0.1) is 41.9 Å². The van der Waals surface area contributed by atoms with Crippen molar-refractivity contribution in [2.45, 2.75) is 155 Å². The summed E-state index contributed by atoms with van der Waals surface area (Å²) in [6.07, 6.45) is 9.53. The van der Waals surface area contributed by atoms with Crippen LogP contribution in [0.5, 0.6) is 0 Å². The van der Waals surface area contributed by atoms with Crippen LogP contribution in [-0.2, 0) is 41.2 Å². The number of allylic oxidation sites excluding steroid dienone is 2. The Balaban J connectivity index is 0.000000143. The van der Waals surface area contributed by atoms with Gasteiger partial charge in [0.25, 0.3) is 0 Å². The van der Waals surface area contributed by atoms with Crippen LogP contribution in [0, 0.1) is 29.6 Å². The fourth-order valence-corrected chi connectivity index (χ4v) is 20.3. The van der Waals surface area contributed by atoms with Gasteiger partial charge in [-0.25, -0.2) is 49.2 Å². The summed E-state index contributed by atoms with van der Waals surface area (Å²) in [6.45, 7) is 25.2. The van der Waals surface area contributed by atoms with E-state index in [0.717, 1.165) is 80.3 Å². The predicted octanol–water partition coefficient (Wildman–Crippen LogP) is 22.9. The number of nitrogens with zero attached hydrogens (tertiary/aromatic N) is 9. The first-order valence-electron chi connectivity index (χ1n) is 37.5. The number of hydrogen-bond acceptors (Lipinski definition) is 17. The summed E-state index contributed by atoms with van der Waals surface area (Å²) in [7, 11) is 0. The first kappa shape index (κ1) is 87.0. The highest BCUT2D eigenvalue weighted by Crippen LogP contribution is 2.59. The monoisotopic (exact) mass is 1780 g/mol. The first-order chi connectivity index (χ1) is 54.6. The van der Waals surface area contributed by atoms with Crippen molar-refractivity contribution in [3.63, 3.8) is 0 Å². The second-order valence-corrected chi connectivity index (χ2v) is 36.7. The SMILES string of the molecule is CC(C)C1=C(C(=O)O)SC2=N[C@@](C)(c3ccc(Cl)nc3)[C@@H](c3ccc(Cl)cc3)N21.CC(C)C1CC[C@@H](C)C[C@H]1OC(=O)N1C(=S)N[C@@](C)(c2ccc(Cl)nc2)[C@H]1c1ccc(Cl)cc1.CCOC(=O)C1=C(C(C)C)N2C(=N[C@@](C)(c3ccc(Cl)nc3)[C@H]2c2ccc(Cl)cc2)S1.C[C@@]1(c2ccc(Cl)nc2)NC(=S)N[C@@H]1c1ccc(Cl)cc1. The lowest BCUT2D eigenvalue weighted by atomic mass is 9.75. The normalized spacial score (nSPS) is 25.2. The Kier molecular flexibility index (Phi) is 27.3.